The highest BCUT2D eigenvalue weighted by Crippen LogP contribution is 2.28. The van der Waals surface area contributed by atoms with Gasteiger partial charge in [-0.3, -0.25) is 14.6 Å². The predicted octanol–water partition coefficient (Wildman–Crippen LogP) is 1.95. The fourth-order valence-corrected chi connectivity index (χ4v) is 2.42. The molecule has 5 nitrogen and oxygen atoms in total. The predicted molar refractivity (Wildman–Crippen MR) is 86.2 cm³/mol. The second-order valence-corrected chi connectivity index (χ2v) is 5.01. The van der Waals surface area contributed by atoms with Crippen molar-refractivity contribution < 1.29 is 9.59 Å². The summed E-state index contributed by atoms with van der Waals surface area (Å²) in [6.07, 6.45) is 3.61. The summed E-state index contributed by atoms with van der Waals surface area (Å²) in [6.45, 7) is 0.437. The number of hydrogen-bond donors (Lipinski definition) is 1. The van der Waals surface area contributed by atoms with Crippen LogP contribution < -0.4 is 10.2 Å². The molecule has 0 unspecified atom stereocenters. The molecular weight excluding hydrogens is 302 g/mol. The van der Waals surface area contributed by atoms with Gasteiger partial charge in [-0.05, 0) is 29.3 Å². The second kappa shape index (κ2) is 6.58. The minimum atomic E-state index is -0.133. The molecule has 0 fully saturated rings. The van der Waals surface area contributed by atoms with Gasteiger partial charge in [0.2, 0.25) is 5.91 Å². The lowest BCUT2D eigenvalue weighted by atomic mass is 10.1. The first-order valence-corrected chi connectivity index (χ1v) is 6.72. The maximum absolute atomic E-state index is 12.0. The van der Waals surface area contributed by atoms with Crippen molar-refractivity contribution in [1.82, 2.24) is 10.3 Å². The number of amides is 2. The molecule has 0 aliphatic carbocycles. The summed E-state index contributed by atoms with van der Waals surface area (Å²) in [6, 6.07) is 9.18. The number of benzene rings is 1. The van der Waals surface area contributed by atoms with Crippen molar-refractivity contribution in [2.75, 3.05) is 11.9 Å². The molecule has 22 heavy (non-hydrogen) atoms. The summed E-state index contributed by atoms with van der Waals surface area (Å²) in [4.78, 5) is 29.1. The van der Waals surface area contributed by atoms with Gasteiger partial charge in [-0.25, -0.2) is 0 Å². The van der Waals surface area contributed by atoms with Crippen molar-refractivity contribution in [3.63, 3.8) is 0 Å². The number of likely N-dealkylation sites (N-methyl/N-ethyl adjacent to an activating group) is 1. The molecule has 0 spiro atoms. The number of fused-ring (bicyclic) bond motifs is 1. The van der Waals surface area contributed by atoms with Crippen molar-refractivity contribution >= 4 is 29.9 Å². The van der Waals surface area contributed by atoms with Crippen molar-refractivity contribution in [3.8, 4) is 0 Å². The first kappa shape index (κ1) is 16.0. The highest BCUT2D eigenvalue weighted by molar-refractivity contribution is 6.01. The molecule has 1 aliphatic rings. The van der Waals surface area contributed by atoms with Gasteiger partial charge in [-0.1, -0.05) is 12.1 Å². The zero-order chi connectivity index (χ0) is 14.8. The Balaban J connectivity index is 0.00000176. The fourth-order valence-electron chi connectivity index (χ4n) is 2.42. The molecule has 1 aromatic carbocycles. The summed E-state index contributed by atoms with van der Waals surface area (Å²) >= 11 is 0. The van der Waals surface area contributed by atoms with Crippen LogP contribution in [0.15, 0.2) is 42.7 Å². The van der Waals surface area contributed by atoms with Crippen LogP contribution >= 0.6 is 12.4 Å². The molecule has 114 valence electrons. The van der Waals surface area contributed by atoms with Gasteiger partial charge >= 0.3 is 0 Å². The Morgan fingerprint density at radius 3 is 2.73 bits per heavy atom. The first-order valence-electron chi connectivity index (χ1n) is 6.72. The number of carbonyl (C=O) groups excluding carboxylic acids is 2. The van der Waals surface area contributed by atoms with E-state index < -0.39 is 0 Å². The molecular formula is C16H16ClN3O2. The highest BCUT2D eigenvalue weighted by Gasteiger charge is 2.23. The van der Waals surface area contributed by atoms with Crippen LogP contribution in [-0.4, -0.2) is 23.8 Å². The number of nitrogens with one attached hydrogen (secondary N) is 1. The summed E-state index contributed by atoms with van der Waals surface area (Å²) in [7, 11) is 1.78. The topological polar surface area (TPSA) is 62.3 Å². The molecule has 2 aromatic rings. The Morgan fingerprint density at radius 2 is 2.00 bits per heavy atom. The van der Waals surface area contributed by atoms with Crippen molar-refractivity contribution in [2.45, 2.75) is 13.0 Å². The average Bonchev–Trinajstić information content (AvgIpc) is 2.80. The normalized spacial score (nSPS) is 12.6. The van der Waals surface area contributed by atoms with Crippen LogP contribution in [0.3, 0.4) is 0 Å². The van der Waals surface area contributed by atoms with Crippen molar-refractivity contribution in [2.24, 2.45) is 0 Å². The van der Waals surface area contributed by atoms with Gasteiger partial charge in [-0.15, -0.1) is 12.4 Å². The van der Waals surface area contributed by atoms with Crippen LogP contribution in [0.4, 0.5) is 5.69 Å². The quantitative estimate of drug-likeness (QED) is 0.941. The molecule has 1 aliphatic heterocycles. The number of rotatable bonds is 3. The number of pyridine rings is 1. The van der Waals surface area contributed by atoms with Gasteiger partial charge < -0.3 is 10.2 Å². The molecule has 0 radical (unpaired) electrons. The van der Waals surface area contributed by atoms with Gasteiger partial charge in [0.15, 0.2) is 0 Å². The van der Waals surface area contributed by atoms with Gasteiger partial charge in [0, 0.05) is 37.2 Å². The number of anilines is 1. The van der Waals surface area contributed by atoms with Gasteiger partial charge in [0.05, 0.1) is 6.42 Å². The Morgan fingerprint density at radius 1 is 1.27 bits per heavy atom. The van der Waals surface area contributed by atoms with Gasteiger partial charge in [0.1, 0.15) is 0 Å². The van der Waals surface area contributed by atoms with E-state index in [1.807, 2.05) is 18.2 Å². The van der Waals surface area contributed by atoms with E-state index in [1.54, 1.807) is 36.5 Å². The number of aromatic nitrogens is 1. The molecule has 2 heterocycles. The number of halogens is 1. The maximum Gasteiger partial charge on any atom is 0.251 e. The van der Waals surface area contributed by atoms with Crippen LogP contribution in [-0.2, 0) is 17.8 Å². The minimum Gasteiger partial charge on any atom is -0.348 e. The van der Waals surface area contributed by atoms with E-state index in [-0.39, 0.29) is 24.2 Å². The molecule has 0 atom stereocenters. The van der Waals surface area contributed by atoms with Crippen LogP contribution in [0.1, 0.15) is 21.5 Å². The molecule has 0 saturated heterocycles. The first-order chi connectivity index (χ1) is 10.1. The molecule has 6 heteroatoms. The number of carbonyl (C=O) groups is 2. The van der Waals surface area contributed by atoms with E-state index in [4.69, 9.17) is 0 Å². The van der Waals surface area contributed by atoms with E-state index in [1.165, 1.54) is 0 Å². The Kier molecular flexibility index (Phi) is 4.78. The molecule has 0 saturated carbocycles. The lowest BCUT2D eigenvalue weighted by Crippen LogP contribution is -2.22. The minimum absolute atomic E-state index is 0. The van der Waals surface area contributed by atoms with Crippen LogP contribution in [0.25, 0.3) is 0 Å². The van der Waals surface area contributed by atoms with Gasteiger partial charge in [-0.2, -0.15) is 0 Å². The Hall–Kier alpha value is -2.40. The van der Waals surface area contributed by atoms with Crippen molar-refractivity contribution in [1.29, 1.82) is 0 Å². The van der Waals surface area contributed by atoms with E-state index in [9.17, 15) is 9.59 Å². The zero-order valence-electron chi connectivity index (χ0n) is 12.1. The second-order valence-electron chi connectivity index (χ2n) is 5.01. The van der Waals surface area contributed by atoms with E-state index in [0.29, 0.717) is 18.5 Å². The van der Waals surface area contributed by atoms with E-state index in [2.05, 4.69) is 10.3 Å². The third-order valence-electron chi connectivity index (χ3n) is 3.62. The fraction of sp³-hybridized carbons (Fsp3) is 0.188. The Bertz CT molecular complexity index is 704. The summed E-state index contributed by atoms with van der Waals surface area (Å²) in [5.41, 5.74) is 3.53. The number of nitrogens with zero attached hydrogens (tertiary/aromatic N) is 2. The van der Waals surface area contributed by atoms with Crippen molar-refractivity contribution in [3.05, 3.63) is 59.4 Å². The molecule has 3 rings (SSSR count). The molecule has 1 aromatic heterocycles. The molecule has 1 N–H and O–H groups in total. The number of hydrogen-bond acceptors (Lipinski definition) is 3. The lowest BCUT2D eigenvalue weighted by molar-refractivity contribution is -0.117. The van der Waals surface area contributed by atoms with Crippen LogP contribution in [0, 0.1) is 0 Å². The highest BCUT2D eigenvalue weighted by atomic mass is 35.5. The third kappa shape index (κ3) is 3.09. The van der Waals surface area contributed by atoms with E-state index in [0.717, 1.165) is 16.8 Å². The van der Waals surface area contributed by atoms with Gasteiger partial charge in [0.25, 0.3) is 5.91 Å². The summed E-state index contributed by atoms with van der Waals surface area (Å²) < 4.78 is 0. The molecule has 0 bridgehead atoms. The summed E-state index contributed by atoms with van der Waals surface area (Å²) in [5.74, 6) is -0.0333. The standard InChI is InChI=1S/C16H15N3O2.ClH/c1-19-14-3-2-11(8-13(14)9-15(19)20)10-18-16(21)12-4-6-17-7-5-12;/h2-8H,9-10H2,1H3,(H,18,21);1H. The zero-order valence-corrected chi connectivity index (χ0v) is 12.9. The third-order valence-corrected chi connectivity index (χ3v) is 3.62. The van der Waals surface area contributed by atoms with Crippen LogP contribution in [0.2, 0.25) is 0 Å². The SMILES string of the molecule is CN1C(=O)Cc2cc(CNC(=O)c3ccncc3)ccc21.Cl. The smallest absolute Gasteiger partial charge is 0.251 e. The Labute approximate surface area is 134 Å². The maximum atomic E-state index is 12.0. The molecule has 2 amide bonds. The van der Waals surface area contributed by atoms with Crippen LogP contribution in [0.5, 0.6) is 0 Å². The monoisotopic (exact) mass is 317 g/mol. The summed E-state index contributed by atoms with van der Waals surface area (Å²) in [5, 5.41) is 2.86. The average molecular weight is 318 g/mol. The largest absolute Gasteiger partial charge is 0.348 e. The van der Waals surface area contributed by atoms with E-state index >= 15 is 0 Å². The lowest BCUT2D eigenvalue weighted by Gasteiger charge is -2.11.